The first-order valence-electron chi connectivity index (χ1n) is 6.48. The van der Waals surface area contributed by atoms with Crippen molar-refractivity contribution in [3.63, 3.8) is 0 Å². The monoisotopic (exact) mass is 417 g/mol. The number of carbonyl (C=O) groups excluding carboxylic acids is 1. The summed E-state index contributed by atoms with van der Waals surface area (Å²) in [6, 6.07) is 7.31. The number of rotatable bonds is 3. The van der Waals surface area contributed by atoms with Gasteiger partial charge in [0, 0.05) is 22.2 Å². The summed E-state index contributed by atoms with van der Waals surface area (Å²) in [5.41, 5.74) is 1.41. The quantitative estimate of drug-likeness (QED) is 0.561. The minimum Gasteiger partial charge on any atom is -0.296 e. The standard InChI is InChI=1S/C15H7Cl4N3OS/c16-8-4-2-1-3-7(8)10-6-24-15(21-10)22-14(23)13-12(19)11(18)9(17)5-20-13/h1-6H,(H,21,22,23). The molecule has 9 heteroatoms. The lowest BCUT2D eigenvalue weighted by Gasteiger charge is -2.05. The van der Waals surface area contributed by atoms with Crippen molar-refractivity contribution in [1.29, 1.82) is 0 Å². The van der Waals surface area contributed by atoms with Gasteiger partial charge in [-0.1, -0.05) is 64.6 Å². The van der Waals surface area contributed by atoms with Crippen LogP contribution in [-0.4, -0.2) is 15.9 Å². The minimum absolute atomic E-state index is 0.00968. The SMILES string of the molecule is O=C(Nc1nc(-c2ccccc2Cl)cs1)c1ncc(Cl)c(Cl)c1Cl. The Bertz CT molecular complexity index is 929. The normalized spacial score (nSPS) is 10.7. The first kappa shape index (κ1) is 17.5. The number of amides is 1. The number of carbonyl (C=O) groups is 1. The fourth-order valence-corrected chi connectivity index (χ4v) is 3.39. The third kappa shape index (κ3) is 3.50. The molecule has 0 fully saturated rings. The van der Waals surface area contributed by atoms with Gasteiger partial charge in [-0.05, 0) is 6.07 Å². The molecule has 0 radical (unpaired) electrons. The maximum atomic E-state index is 12.3. The highest BCUT2D eigenvalue weighted by Crippen LogP contribution is 2.33. The number of nitrogens with one attached hydrogen (secondary N) is 1. The van der Waals surface area contributed by atoms with Crippen molar-refractivity contribution in [2.75, 3.05) is 5.32 Å². The fourth-order valence-electron chi connectivity index (χ4n) is 1.88. The Labute approximate surface area is 161 Å². The van der Waals surface area contributed by atoms with E-state index in [1.54, 1.807) is 11.4 Å². The Morgan fingerprint density at radius 2 is 1.79 bits per heavy atom. The summed E-state index contributed by atoms with van der Waals surface area (Å²) in [6.07, 6.45) is 1.27. The van der Waals surface area contributed by atoms with Gasteiger partial charge in [0.25, 0.3) is 5.91 Å². The molecule has 0 aliphatic carbocycles. The van der Waals surface area contributed by atoms with Crippen LogP contribution in [0.4, 0.5) is 5.13 Å². The lowest BCUT2D eigenvalue weighted by molar-refractivity contribution is 0.102. The molecule has 0 spiro atoms. The second kappa shape index (κ2) is 7.25. The smallest absolute Gasteiger partial charge is 0.277 e. The maximum Gasteiger partial charge on any atom is 0.277 e. The lowest BCUT2D eigenvalue weighted by atomic mass is 10.2. The van der Waals surface area contributed by atoms with Crippen molar-refractivity contribution < 1.29 is 4.79 Å². The zero-order valence-corrected chi connectivity index (χ0v) is 15.5. The van der Waals surface area contributed by atoms with Gasteiger partial charge in [0.05, 0.1) is 20.8 Å². The van der Waals surface area contributed by atoms with Crippen molar-refractivity contribution in [3.05, 3.63) is 61.6 Å². The first-order chi connectivity index (χ1) is 11.5. The van der Waals surface area contributed by atoms with E-state index < -0.39 is 5.91 Å². The summed E-state index contributed by atoms with van der Waals surface area (Å²) in [5, 5.41) is 5.63. The topological polar surface area (TPSA) is 54.9 Å². The number of thiazole rings is 1. The van der Waals surface area contributed by atoms with E-state index in [9.17, 15) is 4.79 Å². The molecule has 2 heterocycles. The zero-order valence-electron chi connectivity index (χ0n) is 11.7. The molecular formula is C15H7Cl4N3OS. The average molecular weight is 419 g/mol. The molecule has 0 aliphatic heterocycles. The maximum absolute atomic E-state index is 12.3. The van der Waals surface area contributed by atoms with Crippen LogP contribution in [0.3, 0.4) is 0 Å². The second-order valence-corrected chi connectivity index (χ2v) is 6.98. The summed E-state index contributed by atoms with van der Waals surface area (Å²) < 4.78 is 0. The van der Waals surface area contributed by atoms with E-state index in [0.29, 0.717) is 15.8 Å². The van der Waals surface area contributed by atoms with Gasteiger partial charge in [-0.2, -0.15) is 0 Å². The average Bonchev–Trinajstić information content (AvgIpc) is 3.01. The zero-order chi connectivity index (χ0) is 17.3. The molecule has 0 saturated heterocycles. The third-order valence-corrected chi connectivity index (χ3v) is 5.33. The van der Waals surface area contributed by atoms with Crippen LogP contribution in [0.25, 0.3) is 11.3 Å². The highest BCUT2D eigenvalue weighted by atomic mass is 35.5. The number of nitrogens with zero attached hydrogens (tertiary/aromatic N) is 2. The Morgan fingerprint density at radius 3 is 2.54 bits per heavy atom. The number of anilines is 1. The predicted octanol–water partition coefficient (Wildman–Crippen LogP) is 6.07. The van der Waals surface area contributed by atoms with Crippen LogP contribution in [0.2, 0.25) is 20.1 Å². The molecule has 3 rings (SSSR count). The first-order valence-corrected chi connectivity index (χ1v) is 8.88. The number of aromatic nitrogens is 2. The molecule has 122 valence electrons. The Kier molecular flexibility index (Phi) is 5.27. The van der Waals surface area contributed by atoms with Crippen molar-refractivity contribution in [3.8, 4) is 11.3 Å². The van der Waals surface area contributed by atoms with E-state index in [1.165, 1.54) is 17.5 Å². The van der Waals surface area contributed by atoms with E-state index in [0.717, 1.165) is 5.56 Å². The molecule has 1 amide bonds. The molecule has 0 saturated carbocycles. The number of hydrogen-bond acceptors (Lipinski definition) is 4. The highest BCUT2D eigenvalue weighted by Gasteiger charge is 2.18. The van der Waals surface area contributed by atoms with E-state index in [4.69, 9.17) is 46.4 Å². The van der Waals surface area contributed by atoms with Gasteiger partial charge in [-0.25, -0.2) is 9.97 Å². The molecule has 0 bridgehead atoms. The molecule has 0 unspecified atom stereocenters. The van der Waals surface area contributed by atoms with E-state index in [2.05, 4.69) is 15.3 Å². The molecular weight excluding hydrogens is 412 g/mol. The number of hydrogen-bond donors (Lipinski definition) is 1. The molecule has 1 aromatic carbocycles. The van der Waals surface area contributed by atoms with Crippen molar-refractivity contribution in [2.45, 2.75) is 0 Å². The van der Waals surface area contributed by atoms with Crippen LogP contribution in [0.1, 0.15) is 10.5 Å². The Morgan fingerprint density at radius 1 is 1.04 bits per heavy atom. The molecule has 24 heavy (non-hydrogen) atoms. The van der Waals surface area contributed by atoms with E-state index in [1.807, 2.05) is 18.2 Å². The molecule has 0 atom stereocenters. The second-order valence-electron chi connectivity index (χ2n) is 4.55. The van der Waals surface area contributed by atoms with Gasteiger partial charge in [-0.3, -0.25) is 10.1 Å². The van der Waals surface area contributed by atoms with Gasteiger partial charge in [0.2, 0.25) is 0 Å². The van der Waals surface area contributed by atoms with Crippen LogP contribution >= 0.6 is 57.7 Å². The molecule has 4 nitrogen and oxygen atoms in total. The number of halogens is 4. The largest absolute Gasteiger partial charge is 0.296 e. The van der Waals surface area contributed by atoms with Gasteiger partial charge >= 0.3 is 0 Å². The van der Waals surface area contributed by atoms with Crippen LogP contribution in [0.15, 0.2) is 35.8 Å². The van der Waals surface area contributed by atoms with E-state index >= 15 is 0 Å². The Hall–Kier alpha value is -1.37. The summed E-state index contributed by atoms with van der Waals surface area (Å²) in [6.45, 7) is 0. The summed E-state index contributed by atoms with van der Waals surface area (Å²) in [7, 11) is 0. The molecule has 2 aromatic heterocycles. The van der Waals surface area contributed by atoms with Crippen LogP contribution in [-0.2, 0) is 0 Å². The predicted molar refractivity (Wildman–Crippen MR) is 99.8 cm³/mol. The van der Waals surface area contributed by atoms with Crippen LogP contribution in [0.5, 0.6) is 0 Å². The fraction of sp³-hybridized carbons (Fsp3) is 0. The lowest BCUT2D eigenvalue weighted by Crippen LogP contribution is -2.14. The van der Waals surface area contributed by atoms with Gasteiger partial charge in [0.1, 0.15) is 5.69 Å². The van der Waals surface area contributed by atoms with Crippen molar-refractivity contribution in [1.82, 2.24) is 9.97 Å². The summed E-state index contributed by atoms with van der Waals surface area (Å²) >= 11 is 25.1. The molecule has 1 N–H and O–H groups in total. The summed E-state index contributed by atoms with van der Waals surface area (Å²) in [4.78, 5) is 20.5. The third-order valence-electron chi connectivity index (χ3n) is 3.01. The highest BCUT2D eigenvalue weighted by molar-refractivity contribution is 7.14. The number of benzene rings is 1. The van der Waals surface area contributed by atoms with Crippen LogP contribution < -0.4 is 5.32 Å². The molecule has 3 aromatic rings. The van der Waals surface area contributed by atoms with Crippen molar-refractivity contribution >= 4 is 68.8 Å². The van der Waals surface area contributed by atoms with Gasteiger partial charge < -0.3 is 0 Å². The van der Waals surface area contributed by atoms with Crippen molar-refractivity contribution in [2.24, 2.45) is 0 Å². The number of pyridine rings is 1. The Balaban J connectivity index is 1.84. The summed E-state index contributed by atoms with van der Waals surface area (Å²) in [5.74, 6) is -0.529. The van der Waals surface area contributed by atoms with Gasteiger partial charge in [-0.15, -0.1) is 11.3 Å². The van der Waals surface area contributed by atoms with Gasteiger partial charge in [0.15, 0.2) is 5.13 Å². The van der Waals surface area contributed by atoms with E-state index in [-0.39, 0.29) is 20.8 Å². The van der Waals surface area contributed by atoms with Crippen LogP contribution in [0, 0.1) is 0 Å². The minimum atomic E-state index is -0.529. The molecule has 0 aliphatic rings.